The number of nitrogens with one attached hydrogen (secondary N) is 3. The maximum absolute atomic E-state index is 11.9. The summed E-state index contributed by atoms with van der Waals surface area (Å²) in [5.41, 5.74) is 1.02. The molecule has 100 valence electrons. The smallest absolute Gasteiger partial charge is 0.270 e. The molecule has 1 aromatic rings. The van der Waals surface area contributed by atoms with Crippen LogP contribution in [0.4, 0.5) is 5.69 Å². The third-order valence-corrected chi connectivity index (χ3v) is 2.83. The van der Waals surface area contributed by atoms with Crippen LogP contribution in [0.25, 0.3) is 0 Å². The summed E-state index contributed by atoms with van der Waals surface area (Å²) in [5.74, 6) is -1.22. The highest BCUT2D eigenvalue weighted by Gasteiger charge is 2.28. The van der Waals surface area contributed by atoms with Crippen molar-refractivity contribution in [3.63, 3.8) is 0 Å². The van der Waals surface area contributed by atoms with Crippen molar-refractivity contribution in [2.45, 2.75) is 18.9 Å². The number of nitrogens with zero attached hydrogens (tertiary/aromatic N) is 1. The first-order valence-electron chi connectivity index (χ1n) is 5.88. The van der Waals surface area contributed by atoms with E-state index in [1.807, 2.05) is 0 Å². The molecule has 0 spiro atoms. The molecule has 1 aliphatic heterocycles. The zero-order chi connectivity index (χ0) is 13.8. The summed E-state index contributed by atoms with van der Waals surface area (Å²) < 4.78 is 0. The van der Waals surface area contributed by atoms with E-state index < -0.39 is 17.9 Å². The summed E-state index contributed by atoms with van der Waals surface area (Å²) in [4.78, 5) is 38.3. The second-order valence-electron chi connectivity index (χ2n) is 4.16. The zero-order valence-corrected chi connectivity index (χ0v) is 10.4. The summed E-state index contributed by atoms with van der Waals surface area (Å²) in [6.07, 6.45) is 2.06. The number of rotatable bonds is 3. The van der Waals surface area contributed by atoms with Crippen molar-refractivity contribution in [3.05, 3.63) is 24.0 Å². The highest BCUT2D eigenvalue weighted by molar-refractivity contribution is 6.03. The first-order chi connectivity index (χ1) is 9.10. The highest BCUT2D eigenvalue weighted by Crippen LogP contribution is 2.07. The van der Waals surface area contributed by atoms with Gasteiger partial charge in [-0.05, 0) is 18.6 Å². The molecule has 0 bridgehead atoms. The Morgan fingerprint density at radius 1 is 1.42 bits per heavy atom. The van der Waals surface area contributed by atoms with Crippen molar-refractivity contribution < 1.29 is 14.4 Å². The standard InChI is InChI=1S/C12H14N4O3/c1-13-7-2-3-8(14-6-7)11(18)15-9-4-5-10(17)16-12(9)19/h2-3,6,9,13H,4-5H2,1H3,(H,15,18)(H,16,17,19). The topological polar surface area (TPSA) is 100 Å². The van der Waals surface area contributed by atoms with Crippen LogP contribution in [0.3, 0.4) is 0 Å². The Balaban J connectivity index is 2.00. The van der Waals surface area contributed by atoms with Crippen LogP contribution in [0, 0.1) is 0 Å². The number of piperidine rings is 1. The SMILES string of the molecule is CNc1ccc(C(=O)NC2CCC(=O)NC2=O)nc1. The Labute approximate surface area is 109 Å². The summed E-state index contributed by atoms with van der Waals surface area (Å²) >= 11 is 0. The molecule has 1 fully saturated rings. The van der Waals surface area contributed by atoms with Gasteiger partial charge in [0.25, 0.3) is 5.91 Å². The van der Waals surface area contributed by atoms with Gasteiger partial charge < -0.3 is 10.6 Å². The molecular weight excluding hydrogens is 248 g/mol. The molecule has 1 aromatic heterocycles. The fraction of sp³-hybridized carbons (Fsp3) is 0.333. The molecule has 2 heterocycles. The second kappa shape index (κ2) is 5.47. The van der Waals surface area contributed by atoms with Crippen LogP contribution in [-0.2, 0) is 9.59 Å². The number of hydrogen-bond donors (Lipinski definition) is 3. The van der Waals surface area contributed by atoms with Gasteiger partial charge in [-0.1, -0.05) is 0 Å². The average Bonchev–Trinajstić information content (AvgIpc) is 2.42. The number of carbonyl (C=O) groups excluding carboxylic acids is 3. The van der Waals surface area contributed by atoms with Gasteiger partial charge in [0.2, 0.25) is 11.8 Å². The van der Waals surface area contributed by atoms with Gasteiger partial charge in [-0.25, -0.2) is 4.98 Å². The number of hydrogen-bond acceptors (Lipinski definition) is 5. The number of imide groups is 1. The van der Waals surface area contributed by atoms with Crippen molar-refractivity contribution in [1.29, 1.82) is 0 Å². The number of carbonyl (C=O) groups is 3. The van der Waals surface area contributed by atoms with E-state index in [1.165, 1.54) is 6.20 Å². The van der Waals surface area contributed by atoms with Gasteiger partial charge in [-0.3, -0.25) is 19.7 Å². The summed E-state index contributed by atoms with van der Waals surface area (Å²) in [5, 5.41) is 7.63. The monoisotopic (exact) mass is 262 g/mol. The van der Waals surface area contributed by atoms with Crippen molar-refractivity contribution in [1.82, 2.24) is 15.6 Å². The van der Waals surface area contributed by atoms with E-state index in [0.717, 1.165) is 5.69 Å². The van der Waals surface area contributed by atoms with Gasteiger partial charge in [-0.15, -0.1) is 0 Å². The molecule has 2 rings (SSSR count). The van der Waals surface area contributed by atoms with Crippen molar-refractivity contribution in [2.75, 3.05) is 12.4 Å². The third-order valence-electron chi connectivity index (χ3n) is 2.83. The van der Waals surface area contributed by atoms with Crippen molar-refractivity contribution >= 4 is 23.4 Å². The Morgan fingerprint density at radius 2 is 2.21 bits per heavy atom. The van der Waals surface area contributed by atoms with Gasteiger partial charge in [0.15, 0.2) is 0 Å². The van der Waals surface area contributed by atoms with Gasteiger partial charge in [0, 0.05) is 13.5 Å². The van der Waals surface area contributed by atoms with E-state index in [9.17, 15) is 14.4 Å². The minimum absolute atomic E-state index is 0.225. The molecule has 19 heavy (non-hydrogen) atoms. The van der Waals surface area contributed by atoms with Gasteiger partial charge in [-0.2, -0.15) is 0 Å². The van der Waals surface area contributed by atoms with E-state index in [2.05, 4.69) is 20.9 Å². The predicted octanol–water partition coefficient (Wildman–Crippen LogP) is -0.342. The van der Waals surface area contributed by atoms with Crippen LogP contribution < -0.4 is 16.0 Å². The Kier molecular flexibility index (Phi) is 3.74. The quantitative estimate of drug-likeness (QED) is 0.647. The van der Waals surface area contributed by atoms with Crippen LogP contribution in [0.15, 0.2) is 18.3 Å². The second-order valence-corrected chi connectivity index (χ2v) is 4.16. The minimum Gasteiger partial charge on any atom is -0.387 e. The molecular formula is C12H14N4O3. The molecule has 1 atom stereocenters. The number of aromatic nitrogens is 1. The first-order valence-corrected chi connectivity index (χ1v) is 5.88. The van der Waals surface area contributed by atoms with Gasteiger partial charge >= 0.3 is 0 Å². The molecule has 0 saturated carbocycles. The summed E-state index contributed by atoms with van der Waals surface area (Å²) in [7, 11) is 1.75. The van der Waals surface area contributed by atoms with E-state index in [0.29, 0.717) is 6.42 Å². The molecule has 3 N–H and O–H groups in total. The Hall–Kier alpha value is -2.44. The fourth-order valence-corrected chi connectivity index (χ4v) is 1.74. The summed E-state index contributed by atoms with van der Waals surface area (Å²) in [6.45, 7) is 0. The first kappa shape index (κ1) is 13.0. The maximum Gasteiger partial charge on any atom is 0.270 e. The molecule has 0 radical (unpaired) electrons. The molecule has 1 saturated heterocycles. The molecule has 0 aromatic carbocycles. The minimum atomic E-state index is -0.684. The lowest BCUT2D eigenvalue weighted by atomic mass is 10.1. The molecule has 3 amide bonds. The van der Waals surface area contributed by atoms with Gasteiger partial charge in [0.05, 0.1) is 11.9 Å². The zero-order valence-electron chi connectivity index (χ0n) is 10.4. The van der Waals surface area contributed by atoms with Crippen LogP contribution in [0.2, 0.25) is 0 Å². The van der Waals surface area contributed by atoms with Crippen LogP contribution in [-0.4, -0.2) is 35.8 Å². The molecule has 1 unspecified atom stereocenters. The van der Waals surface area contributed by atoms with E-state index in [-0.39, 0.29) is 18.0 Å². The fourth-order valence-electron chi connectivity index (χ4n) is 1.74. The third kappa shape index (κ3) is 3.06. The van der Waals surface area contributed by atoms with Crippen LogP contribution in [0.5, 0.6) is 0 Å². The number of amides is 3. The number of pyridine rings is 1. The van der Waals surface area contributed by atoms with Crippen LogP contribution >= 0.6 is 0 Å². The molecule has 7 heteroatoms. The van der Waals surface area contributed by atoms with Gasteiger partial charge in [0.1, 0.15) is 11.7 Å². The summed E-state index contributed by atoms with van der Waals surface area (Å²) in [6, 6.07) is 2.59. The average molecular weight is 262 g/mol. The lowest BCUT2D eigenvalue weighted by Gasteiger charge is -2.21. The van der Waals surface area contributed by atoms with Crippen molar-refractivity contribution in [2.24, 2.45) is 0 Å². The van der Waals surface area contributed by atoms with E-state index >= 15 is 0 Å². The van der Waals surface area contributed by atoms with Crippen molar-refractivity contribution in [3.8, 4) is 0 Å². The number of anilines is 1. The largest absolute Gasteiger partial charge is 0.387 e. The Morgan fingerprint density at radius 3 is 2.79 bits per heavy atom. The Bertz CT molecular complexity index is 512. The van der Waals surface area contributed by atoms with E-state index in [4.69, 9.17) is 0 Å². The maximum atomic E-state index is 11.9. The lowest BCUT2D eigenvalue weighted by molar-refractivity contribution is -0.134. The molecule has 0 aliphatic carbocycles. The highest BCUT2D eigenvalue weighted by atomic mass is 16.2. The lowest BCUT2D eigenvalue weighted by Crippen LogP contribution is -2.52. The molecule has 1 aliphatic rings. The van der Waals surface area contributed by atoms with E-state index in [1.54, 1.807) is 19.2 Å². The molecule has 7 nitrogen and oxygen atoms in total. The van der Waals surface area contributed by atoms with Crippen LogP contribution in [0.1, 0.15) is 23.3 Å². The predicted molar refractivity (Wildman–Crippen MR) is 67.4 cm³/mol. The normalized spacial score (nSPS) is 18.7.